The van der Waals surface area contributed by atoms with Gasteiger partial charge in [0.05, 0.1) is 0 Å². The van der Waals surface area contributed by atoms with Gasteiger partial charge in [-0.1, -0.05) is 29.8 Å². The van der Waals surface area contributed by atoms with Crippen molar-refractivity contribution in [3.05, 3.63) is 63.3 Å². The number of halogens is 2. The van der Waals surface area contributed by atoms with Crippen LogP contribution in [0.5, 0.6) is 0 Å². The SMILES string of the molecule is CC(Cc1ccccc1Cl)NC(=O)c1ncccc1Br. The van der Waals surface area contributed by atoms with Gasteiger partial charge >= 0.3 is 0 Å². The lowest BCUT2D eigenvalue weighted by Gasteiger charge is -2.15. The summed E-state index contributed by atoms with van der Waals surface area (Å²) in [5, 5.41) is 3.64. The fourth-order valence-electron chi connectivity index (χ4n) is 1.89. The smallest absolute Gasteiger partial charge is 0.271 e. The summed E-state index contributed by atoms with van der Waals surface area (Å²) < 4.78 is 0.683. The van der Waals surface area contributed by atoms with E-state index in [1.54, 1.807) is 18.3 Å². The van der Waals surface area contributed by atoms with E-state index in [1.165, 1.54) is 0 Å². The largest absolute Gasteiger partial charge is 0.348 e. The molecule has 1 N–H and O–H groups in total. The highest BCUT2D eigenvalue weighted by atomic mass is 79.9. The van der Waals surface area contributed by atoms with Crippen LogP contribution in [-0.4, -0.2) is 16.9 Å². The van der Waals surface area contributed by atoms with Crippen molar-refractivity contribution in [3.63, 3.8) is 0 Å². The van der Waals surface area contributed by atoms with Crippen molar-refractivity contribution < 1.29 is 4.79 Å². The molecule has 0 aliphatic carbocycles. The second kappa shape index (κ2) is 6.86. The van der Waals surface area contributed by atoms with Crippen LogP contribution in [0.1, 0.15) is 23.0 Å². The van der Waals surface area contributed by atoms with E-state index in [0.717, 1.165) is 5.56 Å². The van der Waals surface area contributed by atoms with Crippen LogP contribution in [0.25, 0.3) is 0 Å². The molecule has 20 heavy (non-hydrogen) atoms. The summed E-state index contributed by atoms with van der Waals surface area (Å²) in [4.78, 5) is 16.2. The number of hydrogen-bond donors (Lipinski definition) is 1. The first-order valence-electron chi connectivity index (χ1n) is 6.22. The van der Waals surface area contributed by atoms with Crippen LogP contribution in [-0.2, 0) is 6.42 Å². The number of nitrogens with zero attached hydrogens (tertiary/aromatic N) is 1. The zero-order valence-corrected chi connectivity index (χ0v) is 13.3. The van der Waals surface area contributed by atoms with Crippen molar-refractivity contribution >= 4 is 33.4 Å². The maximum atomic E-state index is 12.1. The summed E-state index contributed by atoms with van der Waals surface area (Å²) in [7, 11) is 0. The molecule has 3 nitrogen and oxygen atoms in total. The van der Waals surface area contributed by atoms with Gasteiger partial charge in [-0.3, -0.25) is 4.79 Å². The van der Waals surface area contributed by atoms with Gasteiger partial charge in [-0.05, 0) is 53.0 Å². The van der Waals surface area contributed by atoms with Gasteiger partial charge in [0.1, 0.15) is 5.69 Å². The molecule has 1 atom stereocenters. The Hall–Kier alpha value is -1.39. The molecule has 0 saturated carbocycles. The third-order valence-corrected chi connectivity index (χ3v) is 3.84. The van der Waals surface area contributed by atoms with Crippen LogP contribution in [0.2, 0.25) is 5.02 Å². The third kappa shape index (κ3) is 3.81. The summed E-state index contributed by atoms with van der Waals surface area (Å²) in [6.45, 7) is 1.94. The van der Waals surface area contributed by atoms with Crippen LogP contribution < -0.4 is 5.32 Å². The van der Waals surface area contributed by atoms with Crippen LogP contribution >= 0.6 is 27.5 Å². The van der Waals surface area contributed by atoms with E-state index in [1.807, 2.05) is 31.2 Å². The minimum atomic E-state index is -0.197. The summed E-state index contributed by atoms with van der Waals surface area (Å²) in [5.41, 5.74) is 1.40. The van der Waals surface area contributed by atoms with Crippen LogP contribution in [0.15, 0.2) is 47.1 Å². The Morgan fingerprint density at radius 2 is 2.10 bits per heavy atom. The van der Waals surface area contributed by atoms with Crippen LogP contribution in [0.3, 0.4) is 0 Å². The molecule has 1 amide bonds. The number of rotatable bonds is 4. The number of pyridine rings is 1. The highest BCUT2D eigenvalue weighted by Gasteiger charge is 2.14. The van der Waals surface area contributed by atoms with E-state index in [0.29, 0.717) is 21.6 Å². The quantitative estimate of drug-likeness (QED) is 0.907. The molecule has 0 saturated heterocycles. The van der Waals surface area contributed by atoms with Gasteiger partial charge in [0.2, 0.25) is 0 Å². The number of carbonyl (C=O) groups excluding carboxylic acids is 1. The van der Waals surface area contributed by atoms with Gasteiger partial charge in [0.15, 0.2) is 0 Å². The Morgan fingerprint density at radius 1 is 1.35 bits per heavy atom. The third-order valence-electron chi connectivity index (χ3n) is 2.83. The zero-order valence-electron chi connectivity index (χ0n) is 10.9. The molecule has 0 bridgehead atoms. The maximum Gasteiger partial charge on any atom is 0.271 e. The van der Waals surface area contributed by atoms with E-state index in [-0.39, 0.29) is 11.9 Å². The molecule has 0 aliphatic heterocycles. The van der Waals surface area contributed by atoms with Crippen molar-refractivity contribution in [2.75, 3.05) is 0 Å². The molecule has 1 unspecified atom stereocenters. The molecular formula is C15H14BrClN2O. The number of carbonyl (C=O) groups is 1. The van der Waals surface area contributed by atoms with Crippen LogP contribution in [0.4, 0.5) is 0 Å². The first-order chi connectivity index (χ1) is 9.58. The topological polar surface area (TPSA) is 42.0 Å². The van der Waals surface area contributed by atoms with Gasteiger partial charge < -0.3 is 5.32 Å². The normalized spacial score (nSPS) is 11.9. The first kappa shape index (κ1) is 15.0. The van der Waals surface area contributed by atoms with Gasteiger partial charge in [-0.15, -0.1) is 0 Å². The summed E-state index contributed by atoms with van der Waals surface area (Å²) >= 11 is 9.44. The van der Waals surface area contributed by atoms with Gasteiger partial charge in [0.25, 0.3) is 5.91 Å². The van der Waals surface area contributed by atoms with Crippen molar-refractivity contribution in [1.82, 2.24) is 10.3 Å². The number of amides is 1. The maximum absolute atomic E-state index is 12.1. The molecule has 0 spiro atoms. The molecule has 2 aromatic rings. The second-order valence-corrected chi connectivity index (χ2v) is 5.77. The molecule has 0 radical (unpaired) electrons. The Labute approximate surface area is 131 Å². The number of nitrogens with one attached hydrogen (secondary N) is 1. The van der Waals surface area contributed by atoms with Gasteiger partial charge in [-0.25, -0.2) is 4.98 Å². The molecular weight excluding hydrogens is 340 g/mol. The highest BCUT2D eigenvalue weighted by Crippen LogP contribution is 2.17. The lowest BCUT2D eigenvalue weighted by molar-refractivity contribution is 0.0934. The molecule has 1 aromatic carbocycles. The molecule has 0 aliphatic rings. The molecule has 1 heterocycles. The summed E-state index contributed by atoms with van der Waals surface area (Å²) in [5.74, 6) is -0.197. The van der Waals surface area contributed by atoms with Crippen molar-refractivity contribution in [2.24, 2.45) is 0 Å². The van der Waals surface area contributed by atoms with E-state index in [4.69, 9.17) is 11.6 Å². The fourth-order valence-corrected chi connectivity index (χ4v) is 2.54. The average Bonchev–Trinajstić information content (AvgIpc) is 2.41. The van der Waals surface area contributed by atoms with Gasteiger partial charge in [-0.2, -0.15) is 0 Å². The van der Waals surface area contributed by atoms with E-state index < -0.39 is 0 Å². The van der Waals surface area contributed by atoms with Crippen molar-refractivity contribution in [3.8, 4) is 0 Å². The first-order valence-corrected chi connectivity index (χ1v) is 7.40. The van der Waals surface area contributed by atoms with E-state index >= 15 is 0 Å². The molecule has 2 rings (SSSR count). The Kier molecular flexibility index (Phi) is 5.15. The minimum Gasteiger partial charge on any atom is -0.348 e. The lowest BCUT2D eigenvalue weighted by Crippen LogP contribution is -2.34. The number of benzene rings is 1. The Balaban J connectivity index is 2.02. The fraction of sp³-hybridized carbons (Fsp3) is 0.200. The standard InChI is InChI=1S/C15H14BrClN2O/c1-10(9-11-5-2-3-7-13(11)17)19-15(20)14-12(16)6-4-8-18-14/h2-8,10H,9H2,1H3,(H,19,20). The van der Waals surface area contributed by atoms with E-state index in [2.05, 4.69) is 26.2 Å². The molecule has 0 fully saturated rings. The minimum absolute atomic E-state index is 0.0312. The Morgan fingerprint density at radius 3 is 2.80 bits per heavy atom. The molecule has 104 valence electrons. The predicted octanol–water partition coefficient (Wildman–Crippen LogP) is 3.86. The zero-order chi connectivity index (χ0) is 14.5. The van der Waals surface area contributed by atoms with Crippen molar-refractivity contribution in [1.29, 1.82) is 0 Å². The number of hydrogen-bond acceptors (Lipinski definition) is 2. The van der Waals surface area contributed by atoms with Crippen LogP contribution in [0, 0.1) is 0 Å². The van der Waals surface area contributed by atoms with Gasteiger partial charge in [0, 0.05) is 21.7 Å². The monoisotopic (exact) mass is 352 g/mol. The highest BCUT2D eigenvalue weighted by molar-refractivity contribution is 9.10. The predicted molar refractivity (Wildman–Crippen MR) is 84.0 cm³/mol. The lowest BCUT2D eigenvalue weighted by atomic mass is 10.1. The van der Waals surface area contributed by atoms with E-state index in [9.17, 15) is 4.79 Å². The number of aromatic nitrogens is 1. The molecule has 1 aromatic heterocycles. The summed E-state index contributed by atoms with van der Waals surface area (Å²) in [6, 6.07) is 11.2. The Bertz CT molecular complexity index is 618. The van der Waals surface area contributed by atoms with Crippen molar-refractivity contribution in [2.45, 2.75) is 19.4 Å². The summed E-state index contributed by atoms with van der Waals surface area (Å²) in [6.07, 6.45) is 2.27. The molecule has 5 heteroatoms. The second-order valence-electron chi connectivity index (χ2n) is 4.50. The average molecular weight is 354 g/mol.